The molecule has 1 aliphatic heterocycles. The van der Waals surface area contributed by atoms with Gasteiger partial charge >= 0.3 is 18.5 Å². The molecular weight excluding hydrogens is 772 g/mol. The second-order valence-electron chi connectivity index (χ2n) is 12.3. The van der Waals surface area contributed by atoms with Crippen LogP contribution in [0.15, 0.2) is 42.5 Å². The summed E-state index contributed by atoms with van der Waals surface area (Å²) in [6.45, 7) is -0.467. The monoisotopic (exact) mass is 799 g/mol. The highest BCUT2D eigenvalue weighted by atomic mass is 35.5. The number of nitrogens with one attached hydrogen (secondary N) is 3. The van der Waals surface area contributed by atoms with Gasteiger partial charge in [0, 0.05) is 26.7 Å². The molecule has 3 heterocycles. The van der Waals surface area contributed by atoms with Crippen molar-refractivity contribution in [2.45, 2.75) is 50.4 Å². The van der Waals surface area contributed by atoms with Gasteiger partial charge in [-0.05, 0) is 55.7 Å². The maximum atomic E-state index is 13.6. The molecule has 0 spiro atoms. The van der Waals surface area contributed by atoms with Crippen LogP contribution in [0.2, 0.25) is 10.0 Å². The number of rotatable bonds is 8. The predicted octanol–water partition coefficient (Wildman–Crippen LogP) is 8.00. The fraction of sp³-hybridized carbons (Fsp3) is 0.375. The van der Waals surface area contributed by atoms with Gasteiger partial charge < -0.3 is 30.5 Å². The standard InChI is InChI=1S/C32H28Cl2F9N7O3/c1-29(53,32(41,42)43)27(52)44-14-15-6-7-18(33)25(24(15)34)48-28-45-19-12-17(26(51)47-23-5-3-4-22(46-23)31(38,39)40)20(13-21(19)49(28)2)50-10-8-16(9-11-50)30(35,36)37/h3-7,12-13,16,53H,8-11,14H2,1-2H3,(H,44,52)(H,45,48)(H,46,47,51)/t29-/m0/s1. The fourth-order valence-corrected chi connectivity index (χ4v) is 6.04. The summed E-state index contributed by atoms with van der Waals surface area (Å²) in [4.78, 5) is 35.2. The first-order chi connectivity index (χ1) is 24.5. The van der Waals surface area contributed by atoms with E-state index < -0.39 is 59.9 Å². The van der Waals surface area contributed by atoms with Crippen molar-refractivity contribution in [3.05, 3.63) is 69.3 Å². The number of amides is 2. The second-order valence-corrected chi connectivity index (χ2v) is 13.1. The number of aromatic nitrogens is 3. The topological polar surface area (TPSA) is 124 Å². The number of halogens is 11. The van der Waals surface area contributed by atoms with Gasteiger partial charge in [0.15, 0.2) is 0 Å². The van der Waals surface area contributed by atoms with Crippen LogP contribution in [0.1, 0.15) is 41.4 Å². The number of fused-ring (bicyclic) bond motifs is 1. The molecule has 10 nitrogen and oxygen atoms in total. The highest BCUT2D eigenvalue weighted by molar-refractivity contribution is 6.39. The SMILES string of the molecule is Cn1c(Nc2c(Cl)ccc(CNC(=O)[C@](C)(O)C(F)(F)F)c2Cl)nc2cc(C(=O)Nc3cccc(C(F)(F)F)n3)c(N3CCC(C(F)(F)F)CC3)cc21. The Labute approximate surface area is 304 Å². The molecular formula is C32H28Cl2F9N7O3. The Balaban J connectivity index is 1.49. The van der Waals surface area contributed by atoms with Crippen molar-refractivity contribution in [1.29, 1.82) is 0 Å². The first-order valence-corrected chi connectivity index (χ1v) is 16.2. The Morgan fingerprint density at radius 2 is 1.62 bits per heavy atom. The third-order valence-corrected chi connectivity index (χ3v) is 9.41. The van der Waals surface area contributed by atoms with E-state index in [0.717, 1.165) is 12.1 Å². The van der Waals surface area contributed by atoms with Gasteiger partial charge in [0.25, 0.3) is 11.8 Å². The van der Waals surface area contributed by atoms with Crippen LogP contribution in [-0.2, 0) is 24.6 Å². The van der Waals surface area contributed by atoms with Crippen molar-refractivity contribution in [3.8, 4) is 0 Å². The van der Waals surface area contributed by atoms with Crippen LogP contribution in [0.5, 0.6) is 0 Å². The summed E-state index contributed by atoms with van der Waals surface area (Å²) in [5, 5.41) is 16.7. The number of anilines is 4. The zero-order valence-corrected chi connectivity index (χ0v) is 28.9. The average molecular weight is 801 g/mol. The molecule has 286 valence electrons. The first kappa shape index (κ1) is 39.7. The zero-order chi connectivity index (χ0) is 39.3. The number of piperidine rings is 1. The van der Waals surface area contributed by atoms with E-state index in [0.29, 0.717) is 11.6 Å². The van der Waals surface area contributed by atoms with Gasteiger partial charge in [-0.2, -0.15) is 39.5 Å². The number of hydrogen-bond acceptors (Lipinski definition) is 7. The molecule has 4 aromatic rings. The summed E-state index contributed by atoms with van der Waals surface area (Å²) >= 11 is 12.9. The van der Waals surface area contributed by atoms with Gasteiger partial charge in [0.05, 0.1) is 43.9 Å². The molecule has 2 aromatic heterocycles. The summed E-state index contributed by atoms with van der Waals surface area (Å²) in [5.41, 5.74) is -4.32. The third kappa shape index (κ3) is 8.36. The molecule has 0 unspecified atom stereocenters. The lowest BCUT2D eigenvalue weighted by molar-refractivity contribution is -0.245. The largest absolute Gasteiger partial charge is 0.433 e. The molecule has 1 fully saturated rings. The number of pyridine rings is 1. The molecule has 0 saturated carbocycles. The van der Waals surface area contributed by atoms with Crippen LogP contribution >= 0.6 is 23.2 Å². The highest BCUT2D eigenvalue weighted by Crippen LogP contribution is 2.40. The number of aliphatic hydroxyl groups is 1. The maximum absolute atomic E-state index is 13.6. The number of aryl methyl sites for hydroxylation is 1. The molecule has 1 aliphatic rings. The molecule has 0 aliphatic carbocycles. The molecule has 1 saturated heterocycles. The number of carbonyl (C=O) groups excluding carboxylic acids is 2. The summed E-state index contributed by atoms with van der Waals surface area (Å²) in [6.07, 6.45) is -15.1. The van der Waals surface area contributed by atoms with Crippen molar-refractivity contribution in [1.82, 2.24) is 19.9 Å². The number of nitrogens with zero attached hydrogens (tertiary/aromatic N) is 4. The number of imidazole rings is 1. The van der Waals surface area contributed by atoms with E-state index in [-0.39, 0.29) is 76.9 Å². The van der Waals surface area contributed by atoms with E-state index in [1.165, 1.54) is 35.9 Å². The molecule has 1 atom stereocenters. The van der Waals surface area contributed by atoms with E-state index >= 15 is 0 Å². The maximum Gasteiger partial charge on any atom is 0.433 e. The van der Waals surface area contributed by atoms with Gasteiger partial charge in [0.2, 0.25) is 11.5 Å². The summed E-state index contributed by atoms with van der Waals surface area (Å²) in [7, 11) is 1.54. The van der Waals surface area contributed by atoms with E-state index in [1.807, 2.05) is 5.32 Å². The van der Waals surface area contributed by atoms with Crippen molar-refractivity contribution < 1.29 is 54.2 Å². The lowest BCUT2D eigenvalue weighted by Crippen LogP contribution is -2.54. The van der Waals surface area contributed by atoms with Crippen molar-refractivity contribution in [2.75, 3.05) is 28.6 Å². The number of carbonyl (C=O) groups is 2. The molecule has 0 bridgehead atoms. The zero-order valence-electron chi connectivity index (χ0n) is 27.4. The Morgan fingerprint density at radius 3 is 2.23 bits per heavy atom. The van der Waals surface area contributed by atoms with Crippen LogP contribution < -0.4 is 20.9 Å². The minimum Gasteiger partial charge on any atom is -0.373 e. The van der Waals surface area contributed by atoms with Crippen molar-refractivity contribution >= 4 is 69.2 Å². The third-order valence-electron chi connectivity index (χ3n) is 8.66. The smallest absolute Gasteiger partial charge is 0.373 e. The summed E-state index contributed by atoms with van der Waals surface area (Å²) < 4.78 is 121. The Bertz CT molecular complexity index is 2040. The van der Waals surface area contributed by atoms with Crippen LogP contribution in [0, 0.1) is 5.92 Å². The molecule has 2 aromatic carbocycles. The van der Waals surface area contributed by atoms with Crippen LogP contribution in [-0.4, -0.2) is 62.5 Å². The number of hydrogen-bond donors (Lipinski definition) is 4. The van der Waals surface area contributed by atoms with Gasteiger partial charge in [0.1, 0.15) is 11.5 Å². The Kier molecular flexibility index (Phi) is 10.8. The number of benzene rings is 2. The lowest BCUT2D eigenvalue weighted by Gasteiger charge is -2.35. The first-order valence-electron chi connectivity index (χ1n) is 15.5. The predicted molar refractivity (Wildman–Crippen MR) is 177 cm³/mol. The molecule has 2 amide bonds. The molecule has 21 heteroatoms. The van der Waals surface area contributed by atoms with Gasteiger partial charge in [-0.25, -0.2) is 9.97 Å². The molecule has 0 radical (unpaired) electrons. The Morgan fingerprint density at radius 1 is 0.962 bits per heavy atom. The second kappa shape index (κ2) is 14.4. The fourth-order valence-electron chi connectivity index (χ4n) is 5.51. The molecule has 53 heavy (non-hydrogen) atoms. The van der Waals surface area contributed by atoms with Crippen LogP contribution in [0.25, 0.3) is 11.0 Å². The van der Waals surface area contributed by atoms with Crippen LogP contribution in [0.4, 0.5) is 62.7 Å². The van der Waals surface area contributed by atoms with E-state index in [4.69, 9.17) is 23.2 Å². The minimum atomic E-state index is -5.26. The van der Waals surface area contributed by atoms with Crippen molar-refractivity contribution in [2.24, 2.45) is 13.0 Å². The molecule has 4 N–H and O–H groups in total. The van der Waals surface area contributed by atoms with E-state index in [9.17, 15) is 54.2 Å². The quantitative estimate of drug-likeness (QED) is 0.133. The summed E-state index contributed by atoms with van der Waals surface area (Å²) in [5.74, 6) is -4.61. The van der Waals surface area contributed by atoms with Crippen LogP contribution in [0.3, 0.4) is 0 Å². The van der Waals surface area contributed by atoms with Gasteiger partial charge in [-0.3, -0.25) is 9.59 Å². The van der Waals surface area contributed by atoms with Gasteiger partial charge in [-0.15, -0.1) is 0 Å². The highest BCUT2D eigenvalue weighted by Gasteiger charge is 2.55. The van der Waals surface area contributed by atoms with E-state index in [2.05, 4.69) is 20.6 Å². The normalized spacial score (nSPS) is 15.7. The minimum absolute atomic E-state index is 0.00380. The van der Waals surface area contributed by atoms with Gasteiger partial charge in [-0.1, -0.05) is 35.3 Å². The van der Waals surface area contributed by atoms with E-state index in [1.54, 1.807) is 4.90 Å². The molecule has 5 rings (SSSR count). The lowest BCUT2D eigenvalue weighted by atomic mass is 9.95. The Hall–Kier alpha value is -4.49. The summed E-state index contributed by atoms with van der Waals surface area (Å²) in [6, 6.07) is 8.33. The van der Waals surface area contributed by atoms with Crippen molar-refractivity contribution in [3.63, 3.8) is 0 Å². The average Bonchev–Trinajstić information content (AvgIpc) is 3.37. The number of alkyl halides is 9.